The molecule has 1 aliphatic heterocycles. The van der Waals surface area contributed by atoms with Crippen LogP contribution in [0.25, 0.3) is 11.3 Å². The van der Waals surface area contributed by atoms with E-state index in [1.54, 1.807) is 0 Å². The molecule has 0 saturated carbocycles. The van der Waals surface area contributed by atoms with Gasteiger partial charge in [-0.2, -0.15) is 10.4 Å². The number of carbonyl (C=O) groups is 1. The van der Waals surface area contributed by atoms with Crippen molar-refractivity contribution in [2.75, 3.05) is 19.7 Å². The van der Waals surface area contributed by atoms with Crippen molar-refractivity contribution >= 4 is 5.91 Å². The smallest absolute Gasteiger partial charge is 0.247 e. The fraction of sp³-hybridized carbons (Fsp3) is 0.389. The molecule has 7 nitrogen and oxygen atoms in total. The second-order valence-electron chi connectivity index (χ2n) is 6.04. The van der Waals surface area contributed by atoms with Gasteiger partial charge in [0.15, 0.2) is 0 Å². The van der Waals surface area contributed by atoms with Gasteiger partial charge in [-0.05, 0) is 0 Å². The van der Waals surface area contributed by atoms with E-state index in [0.717, 1.165) is 23.4 Å². The zero-order valence-corrected chi connectivity index (χ0v) is 14.0. The van der Waals surface area contributed by atoms with E-state index in [1.807, 2.05) is 41.2 Å². The van der Waals surface area contributed by atoms with Crippen LogP contribution in [0.3, 0.4) is 0 Å². The lowest BCUT2D eigenvalue weighted by Gasteiger charge is -2.31. The van der Waals surface area contributed by atoms with Crippen molar-refractivity contribution in [2.45, 2.75) is 25.6 Å². The maximum absolute atomic E-state index is 11.4. The Bertz CT molecular complexity index is 766. The van der Waals surface area contributed by atoms with E-state index in [4.69, 9.17) is 15.7 Å². The van der Waals surface area contributed by atoms with Crippen molar-refractivity contribution in [2.24, 2.45) is 5.73 Å². The van der Waals surface area contributed by atoms with Gasteiger partial charge in [0.2, 0.25) is 5.91 Å². The van der Waals surface area contributed by atoms with Gasteiger partial charge in [0.1, 0.15) is 6.10 Å². The highest BCUT2D eigenvalue weighted by Crippen LogP contribution is 2.24. The summed E-state index contributed by atoms with van der Waals surface area (Å²) in [6.45, 7) is 2.92. The van der Waals surface area contributed by atoms with Crippen LogP contribution >= 0.6 is 0 Å². The van der Waals surface area contributed by atoms with E-state index in [0.29, 0.717) is 32.7 Å². The fourth-order valence-corrected chi connectivity index (χ4v) is 2.96. The van der Waals surface area contributed by atoms with Crippen LogP contribution in [-0.4, -0.2) is 46.4 Å². The third kappa shape index (κ3) is 4.24. The number of hydrogen-bond acceptors (Lipinski definition) is 5. The number of morpholine rings is 1. The van der Waals surface area contributed by atoms with E-state index in [-0.39, 0.29) is 0 Å². The normalized spacial score (nSPS) is 18.0. The minimum absolute atomic E-state index is 0.413. The number of aryl methyl sites for hydroxylation is 1. The first-order valence-electron chi connectivity index (χ1n) is 8.29. The van der Waals surface area contributed by atoms with Crippen molar-refractivity contribution in [1.82, 2.24) is 14.7 Å². The Morgan fingerprint density at radius 3 is 2.92 bits per heavy atom. The average molecular weight is 339 g/mol. The molecule has 0 radical (unpaired) electrons. The quantitative estimate of drug-likeness (QED) is 0.851. The van der Waals surface area contributed by atoms with Crippen LogP contribution in [0.4, 0.5) is 0 Å². The topological polar surface area (TPSA) is 97.2 Å². The summed E-state index contributed by atoms with van der Waals surface area (Å²) < 4.78 is 7.22. The Morgan fingerprint density at radius 2 is 2.20 bits per heavy atom. The summed E-state index contributed by atoms with van der Waals surface area (Å²) in [4.78, 5) is 13.5. The lowest BCUT2D eigenvalue weighted by Crippen LogP contribution is -2.47. The molecule has 1 amide bonds. The van der Waals surface area contributed by atoms with Crippen LogP contribution in [0.5, 0.6) is 0 Å². The Hall–Kier alpha value is -2.69. The molecular weight excluding hydrogens is 318 g/mol. The molecular formula is C18H21N5O2. The van der Waals surface area contributed by atoms with Crippen molar-refractivity contribution in [3.63, 3.8) is 0 Å². The summed E-state index contributed by atoms with van der Waals surface area (Å²) in [7, 11) is 0. The lowest BCUT2D eigenvalue weighted by molar-refractivity contribution is -0.135. The van der Waals surface area contributed by atoms with Crippen molar-refractivity contribution < 1.29 is 9.53 Å². The molecule has 3 rings (SSSR count). The Kier molecular flexibility index (Phi) is 5.43. The third-order valence-corrected chi connectivity index (χ3v) is 4.20. The van der Waals surface area contributed by atoms with E-state index >= 15 is 0 Å². The molecule has 1 aromatic carbocycles. The molecule has 1 atom stereocenters. The second-order valence-corrected chi connectivity index (χ2v) is 6.04. The lowest BCUT2D eigenvalue weighted by atomic mass is 10.1. The monoisotopic (exact) mass is 339 g/mol. The summed E-state index contributed by atoms with van der Waals surface area (Å²) in [6, 6.07) is 12.1. The number of hydrogen-bond donors (Lipinski definition) is 1. The standard InChI is InChI=1S/C18H21N5O2/c19-7-4-8-23-12-15(17(21-23)14-5-2-1-3-6-14)11-22-9-10-25-16(13-22)18(20)24/h1-3,5-6,12,16H,4,8-11,13H2,(H2,20,24)/t16-/m0/s1. The summed E-state index contributed by atoms with van der Waals surface area (Å²) in [5, 5.41) is 13.5. The molecule has 0 bridgehead atoms. The molecule has 130 valence electrons. The number of amides is 1. The third-order valence-electron chi connectivity index (χ3n) is 4.20. The number of nitrogens with zero attached hydrogens (tertiary/aromatic N) is 4. The number of benzene rings is 1. The first-order chi connectivity index (χ1) is 12.2. The average Bonchev–Trinajstić information content (AvgIpc) is 3.03. The van der Waals surface area contributed by atoms with Gasteiger partial charge < -0.3 is 10.5 Å². The highest BCUT2D eigenvalue weighted by atomic mass is 16.5. The fourth-order valence-electron chi connectivity index (χ4n) is 2.96. The highest BCUT2D eigenvalue weighted by Gasteiger charge is 2.25. The molecule has 0 aliphatic carbocycles. The molecule has 0 unspecified atom stereocenters. The molecule has 2 heterocycles. The number of nitriles is 1. The predicted molar refractivity (Wildman–Crippen MR) is 92.1 cm³/mol. The first-order valence-corrected chi connectivity index (χ1v) is 8.29. The summed E-state index contributed by atoms with van der Waals surface area (Å²) in [6.07, 6.45) is 1.83. The van der Waals surface area contributed by atoms with Crippen molar-refractivity contribution in [1.29, 1.82) is 5.26 Å². The van der Waals surface area contributed by atoms with Gasteiger partial charge in [-0.15, -0.1) is 0 Å². The zero-order chi connectivity index (χ0) is 17.6. The van der Waals surface area contributed by atoms with E-state index in [9.17, 15) is 4.79 Å². The number of ether oxygens (including phenoxy) is 1. The summed E-state index contributed by atoms with van der Waals surface area (Å²) in [5.41, 5.74) is 8.37. The number of nitrogens with two attached hydrogens (primary N) is 1. The van der Waals surface area contributed by atoms with Gasteiger partial charge in [0.25, 0.3) is 0 Å². The molecule has 1 aliphatic rings. The van der Waals surface area contributed by atoms with Gasteiger partial charge in [-0.1, -0.05) is 30.3 Å². The number of rotatable bonds is 6. The predicted octanol–water partition coefficient (Wildman–Crippen LogP) is 1.15. The van der Waals surface area contributed by atoms with Gasteiger partial charge in [0, 0.05) is 37.0 Å². The molecule has 1 fully saturated rings. The number of carbonyl (C=O) groups excluding carboxylic acids is 1. The molecule has 1 saturated heterocycles. The van der Waals surface area contributed by atoms with Gasteiger partial charge in [-0.3, -0.25) is 14.4 Å². The van der Waals surface area contributed by atoms with Crippen LogP contribution in [0.15, 0.2) is 36.5 Å². The van der Waals surface area contributed by atoms with E-state index < -0.39 is 12.0 Å². The van der Waals surface area contributed by atoms with E-state index in [2.05, 4.69) is 16.1 Å². The van der Waals surface area contributed by atoms with Crippen LogP contribution in [0.2, 0.25) is 0 Å². The highest BCUT2D eigenvalue weighted by molar-refractivity contribution is 5.79. The minimum atomic E-state index is -0.567. The van der Waals surface area contributed by atoms with Crippen LogP contribution in [-0.2, 0) is 22.6 Å². The van der Waals surface area contributed by atoms with Crippen LogP contribution in [0, 0.1) is 11.3 Å². The second kappa shape index (κ2) is 7.92. The van der Waals surface area contributed by atoms with Crippen molar-refractivity contribution in [3.05, 3.63) is 42.1 Å². The van der Waals surface area contributed by atoms with E-state index in [1.165, 1.54) is 0 Å². The molecule has 2 N–H and O–H groups in total. The Balaban J connectivity index is 1.82. The Labute approximate surface area is 146 Å². The first kappa shape index (κ1) is 17.1. The van der Waals surface area contributed by atoms with Crippen molar-refractivity contribution in [3.8, 4) is 17.3 Å². The number of aromatic nitrogens is 2. The maximum atomic E-state index is 11.4. The number of primary amides is 1. The SMILES string of the molecule is N#CCCn1cc(CN2CCO[C@H](C(N)=O)C2)c(-c2ccccc2)n1. The van der Waals surface area contributed by atoms with Crippen LogP contribution in [0.1, 0.15) is 12.0 Å². The zero-order valence-electron chi connectivity index (χ0n) is 14.0. The largest absolute Gasteiger partial charge is 0.367 e. The maximum Gasteiger partial charge on any atom is 0.247 e. The Morgan fingerprint density at radius 1 is 1.40 bits per heavy atom. The minimum Gasteiger partial charge on any atom is -0.367 e. The van der Waals surface area contributed by atoms with Gasteiger partial charge in [0.05, 0.1) is 31.3 Å². The molecule has 25 heavy (non-hydrogen) atoms. The summed E-state index contributed by atoms with van der Waals surface area (Å²) >= 11 is 0. The van der Waals surface area contributed by atoms with Gasteiger partial charge >= 0.3 is 0 Å². The summed E-state index contributed by atoms with van der Waals surface area (Å²) in [5.74, 6) is -0.433. The van der Waals surface area contributed by atoms with Crippen LogP contribution < -0.4 is 5.73 Å². The molecule has 0 spiro atoms. The molecule has 1 aromatic heterocycles. The van der Waals surface area contributed by atoms with Gasteiger partial charge in [-0.25, -0.2) is 0 Å². The molecule has 7 heteroatoms. The molecule has 2 aromatic rings.